The van der Waals surface area contributed by atoms with Crippen LogP contribution in [0.5, 0.6) is 11.5 Å². The van der Waals surface area contributed by atoms with Crippen molar-refractivity contribution in [3.63, 3.8) is 0 Å². The lowest BCUT2D eigenvalue weighted by molar-refractivity contribution is -0.127. The summed E-state index contributed by atoms with van der Waals surface area (Å²) in [5.74, 6) is 1.13. The van der Waals surface area contributed by atoms with Crippen LogP contribution in [0.4, 0.5) is 5.82 Å². The Kier molecular flexibility index (Phi) is 7.59. The van der Waals surface area contributed by atoms with Gasteiger partial charge in [0.1, 0.15) is 35.0 Å². The number of fused-ring (bicyclic) bond motifs is 1. The number of carbonyl (C=O) groups excluding carboxylic acids is 1. The van der Waals surface area contributed by atoms with Crippen molar-refractivity contribution in [2.75, 3.05) is 19.3 Å². The maximum Gasteiger partial charge on any atom is 0.335 e. The van der Waals surface area contributed by atoms with Crippen LogP contribution in [0.1, 0.15) is 26.7 Å². The molecule has 0 aliphatic carbocycles. The average molecular weight is 553 g/mol. The van der Waals surface area contributed by atoms with E-state index in [1.807, 2.05) is 44.2 Å². The number of likely N-dealkylation sites (tertiary alicyclic amines) is 1. The van der Waals surface area contributed by atoms with E-state index in [1.165, 1.54) is 15.5 Å². The maximum absolute atomic E-state index is 13.9. The molecule has 210 valence electrons. The van der Waals surface area contributed by atoms with Gasteiger partial charge in [0.2, 0.25) is 0 Å². The first-order valence-corrected chi connectivity index (χ1v) is 13.4. The van der Waals surface area contributed by atoms with Crippen molar-refractivity contribution < 1.29 is 9.53 Å². The Morgan fingerprint density at radius 1 is 1.17 bits per heavy atom. The van der Waals surface area contributed by atoms with Crippen molar-refractivity contribution in [1.82, 2.24) is 29.3 Å². The number of aromatic nitrogens is 4. The minimum atomic E-state index is -0.531. The van der Waals surface area contributed by atoms with Crippen LogP contribution in [-0.2, 0) is 11.3 Å². The minimum Gasteiger partial charge on any atom is -0.457 e. The summed E-state index contributed by atoms with van der Waals surface area (Å²) in [7, 11) is 1.77. The smallest absolute Gasteiger partial charge is 0.335 e. The number of nitrogen functional groups attached to an aromatic ring is 1. The quantitative estimate of drug-likeness (QED) is 0.250. The molecule has 1 fully saturated rings. The van der Waals surface area contributed by atoms with E-state index < -0.39 is 5.54 Å². The van der Waals surface area contributed by atoms with Gasteiger partial charge in [-0.3, -0.25) is 13.9 Å². The van der Waals surface area contributed by atoms with Crippen molar-refractivity contribution in [2.24, 2.45) is 0 Å². The van der Waals surface area contributed by atoms with E-state index in [2.05, 4.69) is 21.4 Å². The third-order valence-corrected chi connectivity index (χ3v) is 7.34. The van der Waals surface area contributed by atoms with Crippen molar-refractivity contribution in [2.45, 2.75) is 44.8 Å². The number of hydrogen-bond donors (Lipinski definition) is 2. The highest BCUT2D eigenvalue weighted by Crippen LogP contribution is 2.27. The SMILES string of the molecule is CNC(C)(C)C=C(C#N)C(=O)N1CCC[C@H]1Cn1c(=O)n(-c2ccc(Oc3ccccc3)cc2)c2c(N)ncnc21. The highest BCUT2D eigenvalue weighted by Gasteiger charge is 2.33. The Bertz CT molecular complexity index is 1700. The molecular weight excluding hydrogens is 520 g/mol. The van der Waals surface area contributed by atoms with Gasteiger partial charge in [0.25, 0.3) is 5.91 Å². The number of nitrogens with two attached hydrogens (primary N) is 1. The van der Waals surface area contributed by atoms with Crippen LogP contribution in [0.15, 0.2) is 77.4 Å². The number of ether oxygens (including phenoxy) is 1. The number of anilines is 1. The monoisotopic (exact) mass is 552 g/mol. The largest absolute Gasteiger partial charge is 0.457 e. The van der Waals surface area contributed by atoms with E-state index >= 15 is 0 Å². The van der Waals surface area contributed by atoms with Gasteiger partial charge >= 0.3 is 5.69 Å². The van der Waals surface area contributed by atoms with E-state index in [0.29, 0.717) is 41.3 Å². The predicted octanol–water partition coefficient (Wildman–Crippen LogP) is 3.40. The van der Waals surface area contributed by atoms with Crippen LogP contribution in [0, 0.1) is 11.3 Å². The number of likely N-dealkylation sites (N-methyl/N-ethyl adjacent to an activating group) is 1. The van der Waals surface area contributed by atoms with Gasteiger partial charge in [-0.1, -0.05) is 18.2 Å². The molecule has 41 heavy (non-hydrogen) atoms. The van der Waals surface area contributed by atoms with Crippen molar-refractivity contribution in [3.05, 3.63) is 83.1 Å². The zero-order valence-electron chi connectivity index (χ0n) is 23.2. The van der Waals surface area contributed by atoms with Gasteiger partial charge in [0.05, 0.1) is 11.7 Å². The molecule has 1 aliphatic rings. The summed E-state index contributed by atoms with van der Waals surface area (Å²) in [6.07, 6.45) is 4.41. The van der Waals surface area contributed by atoms with E-state index in [0.717, 1.165) is 6.42 Å². The summed E-state index contributed by atoms with van der Waals surface area (Å²) in [5, 5.41) is 12.8. The van der Waals surface area contributed by atoms with E-state index in [4.69, 9.17) is 10.5 Å². The second kappa shape index (κ2) is 11.3. The van der Waals surface area contributed by atoms with Gasteiger partial charge in [-0.15, -0.1) is 0 Å². The molecule has 1 amide bonds. The first-order chi connectivity index (χ1) is 19.7. The number of nitrogens with one attached hydrogen (secondary N) is 1. The third kappa shape index (κ3) is 5.55. The fourth-order valence-electron chi connectivity index (χ4n) is 5.03. The molecule has 5 rings (SSSR count). The van der Waals surface area contributed by atoms with E-state index in [-0.39, 0.29) is 35.6 Å². The lowest BCUT2D eigenvalue weighted by Crippen LogP contribution is -2.42. The van der Waals surface area contributed by atoms with Gasteiger partial charge in [-0.2, -0.15) is 5.26 Å². The summed E-state index contributed by atoms with van der Waals surface area (Å²) >= 11 is 0. The number of carbonyl (C=O) groups is 1. The summed E-state index contributed by atoms with van der Waals surface area (Å²) < 4.78 is 8.91. The first kappa shape index (κ1) is 27.6. The predicted molar refractivity (Wildman–Crippen MR) is 156 cm³/mol. The Morgan fingerprint density at radius 2 is 1.88 bits per heavy atom. The van der Waals surface area contributed by atoms with Crippen molar-refractivity contribution in [3.8, 4) is 23.3 Å². The second-order valence-electron chi connectivity index (χ2n) is 10.5. The highest BCUT2D eigenvalue weighted by atomic mass is 16.5. The van der Waals surface area contributed by atoms with Gasteiger partial charge in [0, 0.05) is 18.6 Å². The summed E-state index contributed by atoms with van der Waals surface area (Å²) in [6.45, 7) is 4.47. The number of nitrogens with zero attached hydrogens (tertiary/aromatic N) is 6. The molecule has 3 N–H and O–H groups in total. The van der Waals surface area contributed by atoms with Crippen LogP contribution < -0.4 is 21.5 Å². The first-order valence-electron chi connectivity index (χ1n) is 13.4. The van der Waals surface area contributed by atoms with Crippen LogP contribution in [0.25, 0.3) is 16.9 Å². The molecule has 0 radical (unpaired) electrons. The van der Waals surface area contributed by atoms with Crippen LogP contribution in [0.3, 0.4) is 0 Å². The second-order valence-corrected chi connectivity index (χ2v) is 10.5. The molecular formula is C30H32N8O3. The molecule has 2 aromatic carbocycles. The average Bonchev–Trinajstić information content (AvgIpc) is 3.55. The summed E-state index contributed by atoms with van der Waals surface area (Å²) in [5.41, 5.74) is 6.78. The van der Waals surface area contributed by atoms with Gasteiger partial charge in [-0.25, -0.2) is 14.8 Å². The Hall–Kier alpha value is -4.95. The molecule has 0 unspecified atom stereocenters. The number of nitriles is 1. The molecule has 11 heteroatoms. The van der Waals surface area contributed by atoms with Crippen LogP contribution in [-0.4, -0.2) is 55.1 Å². The normalized spacial score (nSPS) is 15.7. The number of hydrogen-bond acceptors (Lipinski definition) is 8. The zero-order chi connectivity index (χ0) is 29.1. The fraction of sp³-hybridized carbons (Fsp3) is 0.300. The number of imidazole rings is 1. The topological polar surface area (TPSA) is 144 Å². The van der Waals surface area contributed by atoms with Crippen molar-refractivity contribution in [1.29, 1.82) is 5.26 Å². The highest BCUT2D eigenvalue weighted by molar-refractivity contribution is 5.97. The lowest BCUT2D eigenvalue weighted by Gasteiger charge is -2.26. The molecule has 0 spiro atoms. The lowest BCUT2D eigenvalue weighted by atomic mass is 10.0. The molecule has 11 nitrogen and oxygen atoms in total. The minimum absolute atomic E-state index is 0.0652. The van der Waals surface area contributed by atoms with Crippen molar-refractivity contribution >= 4 is 22.9 Å². The van der Waals surface area contributed by atoms with Crippen LogP contribution in [0.2, 0.25) is 0 Å². The maximum atomic E-state index is 13.9. The van der Waals surface area contributed by atoms with Gasteiger partial charge < -0.3 is 20.7 Å². The Balaban J connectivity index is 1.48. The zero-order valence-corrected chi connectivity index (χ0v) is 23.2. The summed E-state index contributed by atoms with van der Waals surface area (Å²) in [4.78, 5) is 37.5. The van der Waals surface area contributed by atoms with E-state index in [9.17, 15) is 14.9 Å². The standard InChI is InChI=1S/C30H32N8O3/c1-30(2,33-3)16-20(17-31)28(39)36-15-7-8-22(36)18-37-27-25(26(32)34-19-35-27)38(29(37)40)21-11-13-24(14-12-21)41-23-9-5-4-6-10-23/h4-6,9-14,16,19,22,33H,7-8,15,18H2,1-3H3,(H2,32,34,35)/t22-/m0/s1. The molecule has 1 atom stereocenters. The molecule has 0 bridgehead atoms. The fourth-order valence-corrected chi connectivity index (χ4v) is 5.03. The number of para-hydroxylation sites is 1. The number of amides is 1. The van der Waals surface area contributed by atoms with Gasteiger partial charge in [-0.05, 0) is 76.2 Å². The number of rotatable bonds is 8. The molecule has 0 saturated carbocycles. The third-order valence-electron chi connectivity index (χ3n) is 7.34. The Morgan fingerprint density at radius 3 is 2.56 bits per heavy atom. The molecule has 1 saturated heterocycles. The molecule has 2 aromatic heterocycles. The summed E-state index contributed by atoms with van der Waals surface area (Å²) in [6, 6.07) is 18.3. The number of benzene rings is 2. The van der Waals surface area contributed by atoms with Gasteiger partial charge in [0.15, 0.2) is 11.5 Å². The van der Waals surface area contributed by atoms with E-state index in [1.54, 1.807) is 42.3 Å². The molecule has 4 aromatic rings. The Labute approximate surface area is 237 Å². The molecule has 1 aliphatic heterocycles. The van der Waals surface area contributed by atoms with Crippen LogP contribution >= 0.6 is 0 Å². The molecule has 3 heterocycles.